The van der Waals surface area contributed by atoms with Gasteiger partial charge < -0.3 is 20.5 Å². The van der Waals surface area contributed by atoms with E-state index in [4.69, 9.17) is 15.2 Å². The molecular weight excluding hydrogens is 244 g/mol. The summed E-state index contributed by atoms with van der Waals surface area (Å²) in [5.41, 5.74) is 7.82. The average Bonchev–Trinajstić information content (AvgIpc) is 2.40. The van der Waals surface area contributed by atoms with Crippen LogP contribution in [0.5, 0.6) is 5.75 Å². The number of carbonyl (C=O) groups excluding carboxylic acids is 1. The first-order chi connectivity index (χ1) is 9.08. The van der Waals surface area contributed by atoms with E-state index in [-0.39, 0.29) is 12.5 Å². The molecule has 1 rings (SSSR count). The van der Waals surface area contributed by atoms with E-state index in [0.717, 1.165) is 23.3 Å². The normalized spacial score (nSPS) is 12.0. The smallest absolute Gasteiger partial charge is 0.239 e. The molecule has 0 radical (unpaired) electrons. The Kier molecular flexibility index (Phi) is 6.32. The van der Waals surface area contributed by atoms with Crippen LogP contribution in [0.1, 0.15) is 11.1 Å². The van der Waals surface area contributed by atoms with Crippen LogP contribution in [0.15, 0.2) is 18.2 Å². The molecule has 0 saturated carbocycles. The number of aryl methyl sites for hydroxylation is 1. The van der Waals surface area contributed by atoms with Gasteiger partial charge in [-0.05, 0) is 30.5 Å². The van der Waals surface area contributed by atoms with E-state index in [1.807, 2.05) is 25.1 Å². The van der Waals surface area contributed by atoms with E-state index in [1.165, 1.54) is 7.11 Å². The lowest BCUT2D eigenvalue weighted by molar-refractivity contribution is -0.123. The van der Waals surface area contributed by atoms with E-state index in [2.05, 4.69) is 5.32 Å². The topological polar surface area (TPSA) is 73.6 Å². The molecule has 0 saturated heterocycles. The first kappa shape index (κ1) is 15.5. The van der Waals surface area contributed by atoms with E-state index < -0.39 is 6.04 Å². The third kappa shape index (κ3) is 4.89. The monoisotopic (exact) mass is 266 g/mol. The fraction of sp³-hybridized carbons (Fsp3) is 0.500. The number of amides is 1. The summed E-state index contributed by atoms with van der Waals surface area (Å²) in [7, 11) is 3.17. The lowest BCUT2D eigenvalue weighted by Crippen LogP contribution is -2.44. The van der Waals surface area contributed by atoms with Crippen LogP contribution in [-0.2, 0) is 16.0 Å². The van der Waals surface area contributed by atoms with Crippen molar-refractivity contribution in [3.8, 4) is 5.75 Å². The molecule has 106 valence electrons. The number of hydrogen-bond acceptors (Lipinski definition) is 4. The van der Waals surface area contributed by atoms with E-state index in [9.17, 15) is 4.79 Å². The summed E-state index contributed by atoms with van der Waals surface area (Å²) in [5, 5.41) is 2.78. The van der Waals surface area contributed by atoms with Gasteiger partial charge in [0, 0.05) is 13.7 Å². The highest BCUT2D eigenvalue weighted by molar-refractivity contribution is 5.81. The molecule has 0 aromatic heterocycles. The van der Waals surface area contributed by atoms with Crippen molar-refractivity contribution < 1.29 is 14.3 Å². The van der Waals surface area contributed by atoms with Crippen molar-refractivity contribution in [1.82, 2.24) is 5.32 Å². The Morgan fingerprint density at radius 1 is 1.42 bits per heavy atom. The van der Waals surface area contributed by atoms with Crippen molar-refractivity contribution in [2.75, 3.05) is 27.4 Å². The number of rotatable bonds is 7. The Balaban J connectivity index is 2.43. The van der Waals surface area contributed by atoms with Crippen molar-refractivity contribution in [2.24, 2.45) is 5.73 Å². The second-order valence-corrected chi connectivity index (χ2v) is 4.41. The molecule has 0 fully saturated rings. The van der Waals surface area contributed by atoms with E-state index in [0.29, 0.717) is 6.54 Å². The first-order valence-electron chi connectivity index (χ1n) is 6.24. The van der Waals surface area contributed by atoms with Gasteiger partial charge in [-0.1, -0.05) is 12.1 Å². The molecule has 0 heterocycles. The van der Waals surface area contributed by atoms with Crippen LogP contribution in [0.25, 0.3) is 0 Å². The molecule has 0 aliphatic carbocycles. The van der Waals surface area contributed by atoms with Gasteiger partial charge in [-0.3, -0.25) is 4.79 Å². The Hall–Kier alpha value is -1.59. The minimum absolute atomic E-state index is 0.194. The first-order valence-corrected chi connectivity index (χ1v) is 6.24. The number of benzene rings is 1. The molecule has 1 amide bonds. The summed E-state index contributed by atoms with van der Waals surface area (Å²) in [4.78, 5) is 11.6. The Morgan fingerprint density at radius 3 is 2.79 bits per heavy atom. The highest BCUT2D eigenvalue weighted by Crippen LogP contribution is 2.18. The van der Waals surface area contributed by atoms with Crippen LogP contribution < -0.4 is 15.8 Å². The molecule has 0 aliphatic heterocycles. The summed E-state index contributed by atoms with van der Waals surface area (Å²) in [5.74, 6) is 0.667. The molecular formula is C14H22N2O3. The Labute approximate surface area is 114 Å². The maximum atomic E-state index is 11.6. The third-order valence-electron chi connectivity index (χ3n) is 2.87. The maximum Gasteiger partial charge on any atom is 0.239 e. The molecule has 3 N–H and O–H groups in total. The summed E-state index contributed by atoms with van der Waals surface area (Å²) in [6.07, 6.45) is 0.738. The number of methoxy groups -OCH3 is 2. The van der Waals surface area contributed by atoms with Gasteiger partial charge in [-0.25, -0.2) is 0 Å². The highest BCUT2D eigenvalue weighted by atomic mass is 16.5. The van der Waals surface area contributed by atoms with E-state index >= 15 is 0 Å². The molecule has 0 bridgehead atoms. The molecule has 1 aromatic rings. The lowest BCUT2D eigenvalue weighted by Gasteiger charge is -2.12. The molecule has 19 heavy (non-hydrogen) atoms. The van der Waals surface area contributed by atoms with Crippen LogP contribution in [0, 0.1) is 6.92 Å². The minimum Gasteiger partial charge on any atom is -0.496 e. The van der Waals surface area contributed by atoms with Crippen molar-refractivity contribution in [3.05, 3.63) is 29.3 Å². The molecule has 1 unspecified atom stereocenters. The quantitative estimate of drug-likeness (QED) is 0.759. The zero-order valence-electron chi connectivity index (χ0n) is 11.7. The van der Waals surface area contributed by atoms with Gasteiger partial charge in [-0.15, -0.1) is 0 Å². The minimum atomic E-state index is -0.613. The third-order valence-corrected chi connectivity index (χ3v) is 2.87. The molecule has 0 aliphatic rings. The van der Waals surface area contributed by atoms with Crippen molar-refractivity contribution in [2.45, 2.75) is 19.4 Å². The highest BCUT2D eigenvalue weighted by Gasteiger charge is 2.11. The van der Waals surface area contributed by atoms with Crippen molar-refractivity contribution in [3.63, 3.8) is 0 Å². The number of hydrogen-bond donors (Lipinski definition) is 2. The predicted octanol–water partition coefficient (Wildman–Crippen LogP) is 0.636. The number of nitrogens with one attached hydrogen (secondary N) is 1. The summed E-state index contributed by atoms with van der Waals surface area (Å²) in [6.45, 7) is 2.76. The Bertz CT molecular complexity index is 421. The zero-order chi connectivity index (χ0) is 14.3. The molecule has 0 spiro atoms. The maximum absolute atomic E-state index is 11.6. The van der Waals surface area contributed by atoms with Gasteiger partial charge >= 0.3 is 0 Å². The van der Waals surface area contributed by atoms with Crippen LogP contribution in [-0.4, -0.2) is 39.3 Å². The van der Waals surface area contributed by atoms with Crippen molar-refractivity contribution in [1.29, 1.82) is 0 Å². The van der Waals surface area contributed by atoms with Gasteiger partial charge in [0.25, 0.3) is 0 Å². The molecule has 5 heteroatoms. The average molecular weight is 266 g/mol. The van der Waals surface area contributed by atoms with Gasteiger partial charge in [0.1, 0.15) is 11.8 Å². The fourth-order valence-corrected chi connectivity index (χ4v) is 1.74. The van der Waals surface area contributed by atoms with E-state index in [1.54, 1.807) is 7.11 Å². The number of ether oxygens (including phenoxy) is 2. The zero-order valence-corrected chi connectivity index (χ0v) is 11.7. The second kappa shape index (κ2) is 7.76. The fourth-order valence-electron chi connectivity index (χ4n) is 1.74. The Morgan fingerprint density at radius 2 is 2.16 bits per heavy atom. The SMILES string of the molecule is COCC(N)C(=O)NCCc1ccc(C)c(OC)c1. The van der Waals surface area contributed by atoms with Gasteiger partial charge in [0.15, 0.2) is 0 Å². The number of nitrogens with two attached hydrogens (primary N) is 1. The van der Waals surface area contributed by atoms with Crippen LogP contribution >= 0.6 is 0 Å². The second-order valence-electron chi connectivity index (χ2n) is 4.41. The largest absolute Gasteiger partial charge is 0.496 e. The van der Waals surface area contributed by atoms with Gasteiger partial charge in [-0.2, -0.15) is 0 Å². The standard InChI is InChI=1S/C14H22N2O3/c1-10-4-5-11(8-13(10)19-3)6-7-16-14(17)12(15)9-18-2/h4-5,8,12H,6-7,9,15H2,1-3H3,(H,16,17). The molecule has 5 nitrogen and oxygen atoms in total. The van der Waals surface area contributed by atoms with Crippen LogP contribution in [0.2, 0.25) is 0 Å². The number of carbonyl (C=O) groups is 1. The van der Waals surface area contributed by atoms with Crippen LogP contribution in [0.4, 0.5) is 0 Å². The molecule has 1 atom stereocenters. The molecule has 1 aromatic carbocycles. The summed E-state index contributed by atoms with van der Waals surface area (Å²) < 4.78 is 10.1. The van der Waals surface area contributed by atoms with Gasteiger partial charge in [0.05, 0.1) is 13.7 Å². The lowest BCUT2D eigenvalue weighted by atomic mass is 10.1. The van der Waals surface area contributed by atoms with Gasteiger partial charge in [0.2, 0.25) is 5.91 Å². The van der Waals surface area contributed by atoms with Crippen LogP contribution in [0.3, 0.4) is 0 Å². The summed E-state index contributed by atoms with van der Waals surface area (Å²) >= 11 is 0. The summed E-state index contributed by atoms with van der Waals surface area (Å²) in [6, 6.07) is 5.40. The van der Waals surface area contributed by atoms with Crippen molar-refractivity contribution >= 4 is 5.91 Å². The predicted molar refractivity (Wildman–Crippen MR) is 74.3 cm³/mol.